The van der Waals surface area contributed by atoms with Crippen molar-refractivity contribution in [1.29, 1.82) is 0 Å². The average Bonchev–Trinajstić information content (AvgIpc) is 3.07. The summed E-state index contributed by atoms with van der Waals surface area (Å²) in [4.78, 5) is 24.9. The summed E-state index contributed by atoms with van der Waals surface area (Å²) < 4.78 is 11.1. The van der Waals surface area contributed by atoms with E-state index in [4.69, 9.17) is 9.47 Å². The van der Waals surface area contributed by atoms with Gasteiger partial charge in [0.15, 0.2) is 0 Å². The SMILES string of the molecule is CC(C)Oc1ccc(NC(=O)C(C)(C)C(=O)NCC2CCCO2)cc1. The highest BCUT2D eigenvalue weighted by Crippen LogP contribution is 2.22. The van der Waals surface area contributed by atoms with Crippen LogP contribution < -0.4 is 15.4 Å². The summed E-state index contributed by atoms with van der Waals surface area (Å²) in [7, 11) is 0. The van der Waals surface area contributed by atoms with Gasteiger partial charge in [0.05, 0.1) is 12.2 Å². The lowest BCUT2D eigenvalue weighted by Gasteiger charge is -2.23. The van der Waals surface area contributed by atoms with Gasteiger partial charge in [0.1, 0.15) is 11.2 Å². The molecule has 1 aliphatic rings. The van der Waals surface area contributed by atoms with Crippen LogP contribution in [0, 0.1) is 5.41 Å². The molecular weight excluding hydrogens is 320 g/mol. The molecule has 2 rings (SSSR count). The maximum atomic E-state index is 12.5. The van der Waals surface area contributed by atoms with Crippen LogP contribution in [0.4, 0.5) is 5.69 Å². The Morgan fingerprint density at radius 1 is 1.24 bits per heavy atom. The van der Waals surface area contributed by atoms with Gasteiger partial charge in [-0.25, -0.2) is 0 Å². The number of hydrogen-bond donors (Lipinski definition) is 2. The van der Waals surface area contributed by atoms with Crippen molar-refractivity contribution < 1.29 is 19.1 Å². The molecule has 6 nitrogen and oxygen atoms in total. The first-order valence-corrected chi connectivity index (χ1v) is 8.77. The van der Waals surface area contributed by atoms with E-state index in [-0.39, 0.29) is 24.0 Å². The van der Waals surface area contributed by atoms with Gasteiger partial charge in [-0.15, -0.1) is 0 Å². The molecule has 25 heavy (non-hydrogen) atoms. The third-order valence-corrected chi connectivity index (χ3v) is 4.13. The molecule has 1 aromatic carbocycles. The quantitative estimate of drug-likeness (QED) is 0.743. The zero-order valence-corrected chi connectivity index (χ0v) is 15.4. The highest BCUT2D eigenvalue weighted by molar-refractivity contribution is 6.09. The minimum Gasteiger partial charge on any atom is -0.491 e. The Hall–Kier alpha value is -2.08. The molecule has 1 aliphatic heterocycles. The highest BCUT2D eigenvalue weighted by atomic mass is 16.5. The molecule has 0 saturated carbocycles. The molecule has 6 heteroatoms. The first kappa shape index (κ1) is 19.2. The van der Waals surface area contributed by atoms with E-state index in [0.29, 0.717) is 12.2 Å². The van der Waals surface area contributed by atoms with Crippen molar-refractivity contribution in [3.63, 3.8) is 0 Å². The fourth-order valence-corrected chi connectivity index (χ4v) is 2.51. The number of carbonyl (C=O) groups excluding carboxylic acids is 2. The number of ether oxygens (including phenoxy) is 2. The maximum Gasteiger partial charge on any atom is 0.239 e. The van der Waals surface area contributed by atoms with Gasteiger partial charge in [-0.3, -0.25) is 9.59 Å². The van der Waals surface area contributed by atoms with Crippen LogP contribution in [0.15, 0.2) is 24.3 Å². The highest BCUT2D eigenvalue weighted by Gasteiger charge is 2.36. The minimum absolute atomic E-state index is 0.0521. The molecule has 1 atom stereocenters. The lowest BCUT2D eigenvalue weighted by atomic mass is 9.91. The second kappa shape index (κ2) is 8.34. The lowest BCUT2D eigenvalue weighted by molar-refractivity contribution is -0.138. The van der Waals surface area contributed by atoms with Gasteiger partial charge in [0.2, 0.25) is 11.8 Å². The lowest BCUT2D eigenvalue weighted by Crippen LogP contribution is -2.47. The summed E-state index contributed by atoms with van der Waals surface area (Å²) in [5.74, 6) is 0.0803. The predicted molar refractivity (Wildman–Crippen MR) is 96.6 cm³/mol. The van der Waals surface area contributed by atoms with Gasteiger partial charge in [0.25, 0.3) is 0 Å². The fraction of sp³-hybridized carbons (Fsp3) is 0.579. The van der Waals surface area contributed by atoms with Gasteiger partial charge < -0.3 is 20.1 Å². The molecular formula is C19H28N2O4. The maximum absolute atomic E-state index is 12.5. The molecule has 1 heterocycles. The Labute approximate surface area is 149 Å². The van der Waals surface area contributed by atoms with Crippen LogP contribution >= 0.6 is 0 Å². The second-order valence-electron chi connectivity index (χ2n) is 7.12. The molecule has 0 spiro atoms. The summed E-state index contributed by atoms with van der Waals surface area (Å²) in [6.07, 6.45) is 2.10. The predicted octanol–water partition coefficient (Wildman–Crippen LogP) is 2.73. The topological polar surface area (TPSA) is 76.7 Å². The van der Waals surface area contributed by atoms with Crippen LogP contribution in [0.1, 0.15) is 40.5 Å². The molecule has 1 unspecified atom stereocenters. The van der Waals surface area contributed by atoms with Crippen LogP contribution in [-0.4, -0.2) is 37.2 Å². The van der Waals surface area contributed by atoms with E-state index in [0.717, 1.165) is 25.2 Å². The molecule has 138 valence electrons. The van der Waals surface area contributed by atoms with E-state index in [9.17, 15) is 9.59 Å². The molecule has 2 N–H and O–H groups in total. The average molecular weight is 348 g/mol. The molecule has 0 bridgehead atoms. The zero-order valence-electron chi connectivity index (χ0n) is 15.4. The smallest absolute Gasteiger partial charge is 0.239 e. The Bertz CT molecular complexity index is 590. The van der Waals surface area contributed by atoms with Gasteiger partial charge in [-0.1, -0.05) is 0 Å². The third kappa shape index (κ3) is 5.46. The van der Waals surface area contributed by atoms with Crippen molar-refractivity contribution in [1.82, 2.24) is 5.32 Å². The van der Waals surface area contributed by atoms with Gasteiger partial charge in [-0.2, -0.15) is 0 Å². The normalized spacial score (nSPS) is 17.4. The van der Waals surface area contributed by atoms with Gasteiger partial charge in [0, 0.05) is 18.8 Å². The summed E-state index contributed by atoms with van der Waals surface area (Å²) in [5.41, 5.74) is -0.549. The Morgan fingerprint density at radius 3 is 2.48 bits per heavy atom. The summed E-state index contributed by atoms with van der Waals surface area (Å²) in [6.45, 7) is 8.31. The standard InChI is InChI=1S/C19H28N2O4/c1-13(2)25-15-9-7-14(8-10-15)21-18(23)19(3,4)17(22)20-12-16-6-5-11-24-16/h7-10,13,16H,5-6,11-12H2,1-4H3,(H,20,22)(H,21,23). The first-order chi connectivity index (χ1) is 11.8. The molecule has 2 amide bonds. The van der Waals surface area contributed by atoms with Crippen molar-refractivity contribution in [3.8, 4) is 5.75 Å². The van der Waals surface area contributed by atoms with Crippen LogP contribution in [0.5, 0.6) is 5.75 Å². The Balaban J connectivity index is 1.89. The third-order valence-electron chi connectivity index (χ3n) is 4.13. The molecule has 0 radical (unpaired) electrons. The number of amides is 2. The number of anilines is 1. The Kier molecular flexibility index (Phi) is 6.42. The van der Waals surface area contributed by atoms with Crippen molar-refractivity contribution in [3.05, 3.63) is 24.3 Å². The van der Waals surface area contributed by atoms with Gasteiger partial charge >= 0.3 is 0 Å². The molecule has 0 aliphatic carbocycles. The molecule has 1 saturated heterocycles. The van der Waals surface area contributed by atoms with E-state index < -0.39 is 5.41 Å². The van der Waals surface area contributed by atoms with Crippen LogP contribution in [0.2, 0.25) is 0 Å². The zero-order chi connectivity index (χ0) is 18.4. The fourth-order valence-electron chi connectivity index (χ4n) is 2.51. The van der Waals surface area contributed by atoms with Crippen molar-refractivity contribution in [2.75, 3.05) is 18.5 Å². The van der Waals surface area contributed by atoms with Crippen LogP contribution in [0.25, 0.3) is 0 Å². The van der Waals surface area contributed by atoms with Crippen molar-refractivity contribution in [2.45, 2.75) is 52.7 Å². The van der Waals surface area contributed by atoms with Crippen molar-refractivity contribution >= 4 is 17.5 Å². The number of hydrogen-bond acceptors (Lipinski definition) is 4. The summed E-state index contributed by atoms with van der Waals surface area (Å²) in [5, 5.41) is 5.60. The number of rotatable bonds is 7. The first-order valence-electron chi connectivity index (χ1n) is 8.77. The Morgan fingerprint density at radius 2 is 1.92 bits per heavy atom. The van der Waals surface area contributed by atoms with E-state index in [1.54, 1.807) is 38.1 Å². The number of carbonyl (C=O) groups is 2. The molecule has 1 fully saturated rings. The van der Waals surface area contributed by atoms with E-state index in [1.807, 2.05) is 13.8 Å². The van der Waals surface area contributed by atoms with E-state index >= 15 is 0 Å². The second-order valence-corrected chi connectivity index (χ2v) is 7.12. The summed E-state index contributed by atoms with van der Waals surface area (Å²) >= 11 is 0. The molecule has 1 aromatic rings. The number of nitrogens with one attached hydrogen (secondary N) is 2. The number of benzene rings is 1. The molecule has 0 aromatic heterocycles. The van der Waals surface area contributed by atoms with Crippen LogP contribution in [-0.2, 0) is 14.3 Å². The summed E-state index contributed by atoms with van der Waals surface area (Å²) in [6, 6.07) is 7.10. The van der Waals surface area contributed by atoms with Crippen molar-refractivity contribution in [2.24, 2.45) is 5.41 Å². The van der Waals surface area contributed by atoms with Crippen LogP contribution in [0.3, 0.4) is 0 Å². The van der Waals surface area contributed by atoms with E-state index in [1.165, 1.54) is 0 Å². The van der Waals surface area contributed by atoms with E-state index in [2.05, 4.69) is 10.6 Å². The largest absolute Gasteiger partial charge is 0.491 e. The minimum atomic E-state index is -1.17. The van der Waals surface area contributed by atoms with Gasteiger partial charge in [-0.05, 0) is 64.8 Å². The monoisotopic (exact) mass is 348 g/mol.